The Morgan fingerprint density at radius 3 is 2.52 bits per heavy atom. The van der Waals surface area contributed by atoms with Crippen molar-refractivity contribution in [2.45, 2.75) is 19.6 Å². The molecule has 0 saturated heterocycles. The van der Waals surface area contributed by atoms with Gasteiger partial charge in [-0.15, -0.1) is 0 Å². The predicted molar refractivity (Wildman–Crippen MR) is 112 cm³/mol. The average Bonchev–Trinajstić information content (AvgIpc) is 3.23. The van der Waals surface area contributed by atoms with Gasteiger partial charge in [-0.05, 0) is 35.9 Å². The molecule has 0 aliphatic carbocycles. The van der Waals surface area contributed by atoms with Crippen LogP contribution in [0.3, 0.4) is 0 Å². The minimum atomic E-state index is 0.672. The molecule has 4 aromatic rings. The smallest absolute Gasteiger partial charge is 0.233 e. The summed E-state index contributed by atoms with van der Waals surface area (Å²) in [6.45, 7) is 2.25. The Labute approximate surface area is 170 Å². The highest BCUT2D eigenvalue weighted by molar-refractivity contribution is 5.33. The maximum atomic E-state index is 5.56. The van der Waals surface area contributed by atoms with Crippen LogP contribution < -0.4 is 4.74 Å². The van der Waals surface area contributed by atoms with Gasteiger partial charge < -0.3 is 4.74 Å². The number of hydrogen-bond acceptors (Lipinski definition) is 5. The fourth-order valence-electron chi connectivity index (χ4n) is 3.38. The summed E-state index contributed by atoms with van der Waals surface area (Å²) in [4.78, 5) is 15.4. The Morgan fingerprint density at radius 2 is 1.72 bits per heavy atom. The number of rotatable bonds is 8. The van der Waals surface area contributed by atoms with Gasteiger partial charge in [0.15, 0.2) is 0 Å². The Morgan fingerprint density at radius 1 is 0.862 bits per heavy atom. The summed E-state index contributed by atoms with van der Waals surface area (Å²) in [5.74, 6) is 1.57. The average molecular weight is 385 g/mol. The van der Waals surface area contributed by atoms with Crippen LogP contribution in [0.15, 0.2) is 85.6 Å². The molecular weight excluding hydrogens is 362 g/mol. The fraction of sp³-hybridized carbons (Fsp3) is 0.174. The summed E-state index contributed by atoms with van der Waals surface area (Å²) in [7, 11) is 1.71. The number of ether oxygens (including phenoxy) is 1. The molecule has 0 fully saturated rings. The quantitative estimate of drug-likeness (QED) is 0.461. The molecule has 146 valence electrons. The summed E-state index contributed by atoms with van der Waals surface area (Å²) in [6, 6.07) is 18.2. The van der Waals surface area contributed by atoms with E-state index in [1.165, 1.54) is 0 Å². The van der Waals surface area contributed by atoms with E-state index in [1.54, 1.807) is 25.7 Å². The first-order chi connectivity index (χ1) is 14.3. The maximum Gasteiger partial charge on any atom is 0.233 e. The summed E-state index contributed by atoms with van der Waals surface area (Å²) in [5, 5.41) is 0. The molecule has 0 aliphatic rings. The van der Waals surface area contributed by atoms with E-state index >= 15 is 0 Å². The molecule has 0 N–H and O–H groups in total. The zero-order valence-corrected chi connectivity index (χ0v) is 16.3. The molecule has 0 radical (unpaired) electrons. The van der Waals surface area contributed by atoms with Crippen molar-refractivity contribution in [3.63, 3.8) is 0 Å². The second kappa shape index (κ2) is 9.12. The SMILES string of the molecule is COc1ccccc1CN(Cc1cccnc1)Cc1cccn1-c1ncccn1. The van der Waals surface area contributed by atoms with Crippen LogP contribution in [0.5, 0.6) is 5.75 Å². The van der Waals surface area contributed by atoms with Crippen molar-refractivity contribution in [3.05, 3.63) is 102 Å². The van der Waals surface area contributed by atoms with E-state index in [4.69, 9.17) is 4.74 Å². The molecule has 3 heterocycles. The van der Waals surface area contributed by atoms with Gasteiger partial charge in [0.05, 0.1) is 7.11 Å². The van der Waals surface area contributed by atoms with Crippen molar-refractivity contribution >= 4 is 0 Å². The van der Waals surface area contributed by atoms with Gasteiger partial charge >= 0.3 is 0 Å². The Balaban J connectivity index is 1.62. The lowest BCUT2D eigenvalue weighted by atomic mass is 10.1. The van der Waals surface area contributed by atoms with Crippen LogP contribution in [0.4, 0.5) is 0 Å². The van der Waals surface area contributed by atoms with Crippen LogP contribution in [0.1, 0.15) is 16.8 Å². The Bertz CT molecular complexity index is 1030. The molecule has 0 aliphatic heterocycles. The van der Waals surface area contributed by atoms with Gasteiger partial charge in [-0.25, -0.2) is 9.97 Å². The van der Waals surface area contributed by atoms with Crippen molar-refractivity contribution < 1.29 is 4.74 Å². The lowest BCUT2D eigenvalue weighted by Gasteiger charge is -2.24. The van der Waals surface area contributed by atoms with Gasteiger partial charge in [-0.3, -0.25) is 14.5 Å². The van der Waals surface area contributed by atoms with Gasteiger partial charge in [0.2, 0.25) is 5.95 Å². The molecule has 0 amide bonds. The van der Waals surface area contributed by atoms with Crippen LogP contribution >= 0.6 is 0 Å². The van der Waals surface area contributed by atoms with Crippen LogP contribution in [-0.4, -0.2) is 31.5 Å². The molecule has 3 aromatic heterocycles. The van der Waals surface area contributed by atoms with E-state index in [9.17, 15) is 0 Å². The summed E-state index contributed by atoms with van der Waals surface area (Å²) >= 11 is 0. The predicted octanol–water partition coefficient (Wildman–Crippen LogP) is 3.87. The van der Waals surface area contributed by atoms with Gasteiger partial charge in [-0.1, -0.05) is 24.3 Å². The molecule has 0 atom stereocenters. The number of pyridine rings is 1. The second-order valence-electron chi connectivity index (χ2n) is 6.74. The van der Waals surface area contributed by atoms with E-state index in [0.717, 1.165) is 42.2 Å². The largest absolute Gasteiger partial charge is 0.496 e. The molecule has 0 saturated carbocycles. The van der Waals surface area contributed by atoms with Crippen LogP contribution in [0, 0.1) is 0 Å². The number of aromatic nitrogens is 4. The third-order valence-corrected chi connectivity index (χ3v) is 4.70. The third-order valence-electron chi connectivity index (χ3n) is 4.70. The van der Waals surface area contributed by atoms with Crippen molar-refractivity contribution in [2.75, 3.05) is 7.11 Å². The Kier molecular flexibility index (Phi) is 5.92. The van der Waals surface area contributed by atoms with Gasteiger partial charge in [0, 0.05) is 61.9 Å². The first kappa shape index (κ1) is 18.8. The highest BCUT2D eigenvalue weighted by Crippen LogP contribution is 2.22. The molecule has 0 spiro atoms. The van der Waals surface area contributed by atoms with Crippen molar-refractivity contribution in [3.8, 4) is 11.7 Å². The Hall–Kier alpha value is -3.51. The van der Waals surface area contributed by atoms with Gasteiger partial charge in [-0.2, -0.15) is 0 Å². The normalized spacial score (nSPS) is 11.0. The van der Waals surface area contributed by atoms with Crippen molar-refractivity contribution in [1.82, 2.24) is 24.4 Å². The number of hydrogen-bond donors (Lipinski definition) is 0. The zero-order valence-electron chi connectivity index (χ0n) is 16.3. The number of nitrogens with zero attached hydrogens (tertiary/aromatic N) is 5. The molecule has 4 rings (SSSR count). The molecule has 6 nitrogen and oxygen atoms in total. The van der Waals surface area contributed by atoms with Gasteiger partial charge in [0.1, 0.15) is 5.75 Å². The summed E-state index contributed by atoms with van der Waals surface area (Å²) in [6.07, 6.45) is 9.22. The van der Waals surface area contributed by atoms with Crippen LogP contribution in [0.25, 0.3) is 5.95 Å². The molecular formula is C23H23N5O. The van der Waals surface area contributed by atoms with E-state index < -0.39 is 0 Å². The number of methoxy groups -OCH3 is 1. The summed E-state index contributed by atoms with van der Waals surface area (Å²) in [5.41, 5.74) is 3.43. The molecule has 0 unspecified atom stereocenters. The van der Waals surface area contributed by atoms with Crippen LogP contribution in [0.2, 0.25) is 0 Å². The van der Waals surface area contributed by atoms with Gasteiger partial charge in [0.25, 0.3) is 0 Å². The molecule has 1 aromatic carbocycles. The van der Waals surface area contributed by atoms with E-state index in [2.05, 4.69) is 38.1 Å². The lowest BCUT2D eigenvalue weighted by Crippen LogP contribution is -2.24. The minimum Gasteiger partial charge on any atom is -0.496 e. The lowest BCUT2D eigenvalue weighted by molar-refractivity contribution is 0.239. The van der Waals surface area contributed by atoms with E-state index in [0.29, 0.717) is 5.95 Å². The van der Waals surface area contributed by atoms with Crippen molar-refractivity contribution in [2.24, 2.45) is 0 Å². The fourth-order valence-corrected chi connectivity index (χ4v) is 3.38. The highest BCUT2D eigenvalue weighted by Gasteiger charge is 2.14. The van der Waals surface area contributed by atoms with E-state index in [1.807, 2.05) is 53.4 Å². The second-order valence-corrected chi connectivity index (χ2v) is 6.74. The van der Waals surface area contributed by atoms with Crippen LogP contribution in [-0.2, 0) is 19.6 Å². The molecule has 29 heavy (non-hydrogen) atoms. The minimum absolute atomic E-state index is 0.672. The zero-order chi connectivity index (χ0) is 19.9. The molecule has 0 bridgehead atoms. The highest BCUT2D eigenvalue weighted by atomic mass is 16.5. The number of para-hydroxylation sites is 1. The monoisotopic (exact) mass is 385 g/mol. The first-order valence-electron chi connectivity index (χ1n) is 9.50. The standard InChI is InChI=1S/C23H23N5O/c1-29-22-10-3-2-8-20(22)17-27(16-19-7-4-11-24-15-19)18-21-9-5-14-28(21)23-25-12-6-13-26-23/h2-15H,16-18H2,1H3. The third kappa shape index (κ3) is 4.67. The topological polar surface area (TPSA) is 56.1 Å². The molecule has 6 heteroatoms. The first-order valence-corrected chi connectivity index (χ1v) is 9.50. The summed E-state index contributed by atoms with van der Waals surface area (Å²) < 4.78 is 7.59. The maximum absolute atomic E-state index is 5.56. The van der Waals surface area contributed by atoms with E-state index in [-0.39, 0.29) is 0 Å². The van der Waals surface area contributed by atoms with Crippen molar-refractivity contribution in [1.29, 1.82) is 0 Å². The number of benzene rings is 1.